The average Bonchev–Trinajstić information content (AvgIpc) is 2.55. The van der Waals surface area contributed by atoms with Gasteiger partial charge in [-0.25, -0.2) is 0 Å². The summed E-state index contributed by atoms with van der Waals surface area (Å²) < 4.78 is 40.7. The van der Waals surface area contributed by atoms with Gasteiger partial charge in [0.15, 0.2) is 0 Å². The lowest BCUT2D eigenvalue weighted by molar-refractivity contribution is 0.0107. The highest BCUT2D eigenvalue weighted by atomic mass is 16.5. The molecule has 2 nitrogen and oxygen atoms in total. The van der Waals surface area contributed by atoms with Gasteiger partial charge in [-0.3, -0.25) is 0 Å². The molecule has 126 valence electrons. The second kappa shape index (κ2) is 6.22. The SMILES string of the molecule is [2H]C1=C(C)C([2H])([2H])C[C@H]2C(C)(C)Oc3cc(CCCCC)cc(O)c3[C@]12[2H]. The Morgan fingerprint density at radius 2 is 2.22 bits per heavy atom. The summed E-state index contributed by atoms with van der Waals surface area (Å²) in [6.45, 7) is 7.45. The molecule has 0 radical (unpaired) electrons. The number of rotatable bonds is 4. The summed E-state index contributed by atoms with van der Waals surface area (Å²) in [5, 5.41) is 10.8. The van der Waals surface area contributed by atoms with Crippen molar-refractivity contribution in [3.05, 3.63) is 34.9 Å². The fraction of sp³-hybridized carbons (Fsp3) is 0.619. The molecule has 0 fully saturated rings. The van der Waals surface area contributed by atoms with Gasteiger partial charge in [-0.2, -0.15) is 0 Å². The molecule has 0 spiro atoms. The molecule has 0 amide bonds. The van der Waals surface area contributed by atoms with E-state index in [1.54, 1.807) is 13.0 Å². The number of benzene rings is 1. The van der Waals surface area contributed by atoms with Crippen molar-refractivity contribution in [3.63, 3.8) is 0 Å². The number of allylic oxidation sites excluding steroid dienone is 2. The molecular weight excluding hydrogens is 284 g/mol. The van der Waals surface area contributed by atoms with Gasteiger partial charge in [-0.1, -0.05) is 31.4 Å². The zero-order valence-electron chi connectivity index (χ0n) is 18.6. The molecule has 3 rings (SSSR count). The van der Waals surface area contributed by atoms with Crippen LogP contribution < -0.4 is 4.74 Å². The fourth-order valence-electron chi connectivity index (χ4n) is 3.61. The number of aromatic hydroxyl groups is 1. The second-order valence-corrected chi connectivity index (χ2v) is 7.25. The number of phenols is 1. The molecule has 2 heteroatoms. The summed E-state index contributed by atoms with van der Waals surface area (Å²) >= 11 is 0. The number of fused-ring (bicyclic) bond motifs is 3. The minimum Gasteiger partial charge on any atom is -0.507 e. The molecular formula is C21H30O2. The van der Waals surface area contributed by atoms with Crippen LogP contribution in [0.25, 0.3) is 0 Å². The maximum absolute atomic E-state index is 10.8. The van der Waals surface area contributed by atoms with Crippen LogP contribution in [0.5, 0.6) is 11.5 Å². The van der Waals surface area contributed by atoms with Gasteiger partial charge < -0.3 is 9.84 Å². The van der Waals surface area contributed by atoms with Gasteiger partial charge in [0.1, 0.15) is 17.1 Å². The fourth-order valence-corrected chi connectivity index (χ4v) is 3.61. The molecule has 1 aliphatic carbocycles. The summed E-state index contributed by atoms with van der Waals surface area (Å²) in [5.74, 6) is -1.65. The van der Waals surface area contributed by atoms with Crippen LogP contribution in [-0.4, -0.2) is 10.7 Å². The van der Waals surface area contributed by atoms with Crippen molar-refractivity contribution < 1.29 is 15.3 Å². The van der Waals surface area contributed by atoms with Crippen LogP contribution >= 0.6 is 0 Å². The Bertz CT molecular complexity index is 785. The molecule has 0 saturated heterocycles. The van der Waals surface area contributed by atoms with Gasteiger partial charge in [0.05, 0.1) is 1.37 Å². The Kier molecular flexibility index (Phi) is 3.25. The Morgan fingerprint density at radius 3 is 2.96 bits per heavy atom. The molecule has 0 aromatic heterocycles. The average molecular weight is 318 g/mol. The molecule has 1 N–H and O–H groups in total. The Balaban J connectivity index is 2.18. The lowest BCUT2D eigenvalue weighted by Gasteiger charge is -2.46. The van der Waals surface area contributed by atoms with Crippen molar-refractivity contribution in [3.8, 4) is 11.5 Å². The molecule has 0 saturated carbocycles. The first-order chi connectivity index (χ1) is 12.4. The van der Waals surface area contributed by atoms with E-state index in [0.29, 0.717) is 11.3 Å². The van der Waals surface area contributed by atoms with Crippen molar-refractivity contribution in [1.82, 2.24) is 0 Å². The number of phenolic OH excluding ortho intramolecular Hbond substituents is 1. The van der Waals surface area contributed by atoms with Crippen molar-refractivity contribution in [2.24, 2.45) is 5.92 Å². The Morgan fingerprint density at radius 1 is 1.43 bits per heavy atom. The van der Waals surface area contributed by atoms with E-state index in [9.17, 15) is 6.48 Å². The maximum atomic E-state index is 10.8. The summed E-state index contributed by atoms with van der Waals surface area (Å²) in [6, 6.07) is 3.52. The highest BCUT2D eigenvalue weighted by Crippen LogP contribution is 2.53. The molecule has 2 atom stereocenters. The van der Waals surface area contributed by atoms with E-state index in [0.717, 1.165) is 31.2 Å². The zero-order chi connectivity index (χ0) is 20.2. The Labute approximate surface area is 146 Å². The van der Waals surface area contributed by atoms with Crippen LogP contribution in [-0.2, 0) is 6.42 Å². The normalized spacial score (nSPS) is 33.5. The van der Waals surface area contributed by atoms with Gasteiger partial charge in [0.25, 0.3) is 0 Å². The first-order valence-corrected chi connectivity index (χ1v) is 8.69. The zero-order valence-corrected chi connectivity index (χ0v) is 14.6. The topological polar surface area (TPSA) is 29.5 Å². The molecule has 0 bridgehead atoms. The van der Waals surface area contributed by atoms with E-state index >= 15 is 0 Å². The largest absolute Gasteiger partial charge is 0.507 e. The van der Waals surface area contributed by atoms with E-state index in [-0.39, 0.29) is 23.8 Å². The predicted molar refractivity (Wildman–Crippen MR) is 95.3 cm³/mol. The van der Waals surface area contributed by atoms with Crippen molar-refractivity contribution in [1.29, 1.82) is 0 Å². The first-order valence-electron chi connectivity index (χ1n) is 10.7. The Hall–Kier alpha value is -1.44. The van der Waals surface area contributed by atoms with Crippen molar-refractivity contribution >= 4 is 0 Å². The summed E-state index contributed by atoms with van der Waals surface area (Å²) in [7, 11) is 0. The standard InChI is InChI=1S/C21H30O2/c1-5-6-7-8-15-12-18(22)20-16-11-14(2)9-10-17(16)21(3,4)23-19(20)13-15/h11-13,16-17,22H,5-10H2,1-4H3/t16-,17-/m1/s1/i9D2,11D,16D. The summed E-state index contributed by atoms with van der Waals surface area (Å²) in [6.07, 6.45) is 2.53. The third kappa shape index (κ3) is 3.13. The van der Waals surface area contributed by atoms with Gasteiger partial charge in [-0.05, 0) is 64.1 Å². The van der Waals surface area contributed by atoms with E-state index in [2.05, 4.69) is 6.92 Å². The van der Waals surface area contributed by atoms with E-state index in [1.165, 1.54) is 0 Å². The lowest BCUT2D eigenvalue weighted by Crippen LogP contribution is -2.45. The van der Waals surface area contributed by atoms with Crippen LogP contribution in [0, 0.1) is 5.92 Å². The summed E-state index contributed by atoms with van der Waals surface area (Å²) in [4.78, 5) is 0. The van der Waals surface area contributed by atoms with E-state index in [1.807, 2.05) is 19.9 Å². The van der Waals surface area contributed by atoms with Crippen LogP contribution in [0.2, 0.25) is 0 Å². The molecule has 23 heavy (non-hydrogen) atoms. The van der Waals surface area contributed by atoms with E-state index < -0.39 is 23.8 Å². The monoisotopic (exact) mass is 318 g/mol. The minimum atomic E-state index is -1.65. The van der Waals surface area contributed by atoms with Crippen molar-refractivity contribution in [2.75, 3.05) is 0 Å². The number of hydrogen-bond acceptors (Lipinski definition) is 2. The third-order valence-electron chi connectivity index (χ3n) is 4.93. The molecule has 2 aliphatic rings. The highest BCUT2D eigenvalue weighted by Gasteiger charge is 2.45. The molecule has 1 heterocycles. The summed E-state index contributed by atoms with van der Waals surface area (Å²) in [5.41, 5.74) is 0.731. The van der Waals surface area contributed by atoms with Crippen LogP contribution in [0.3, 0.4) is 0 Å². The molecule has 1 aliphatic heterocycles. The molecule has 1 aromatic rings. The van der Waals surface area contributed by atoms with Crippen LogP contribution in [0.15, 0.2) is 23.8 Å². The van der Waals surface area contributed by atoms with Crippen LogP contribution in [0.4, 0.5) is 0 Å². The van der Waals surface area contributed by atoms with Gasteiger partial charge in [0, 0.05) is 21.5 Å². The van der Waals surface area contributed by atoms with Gasteiger partial charge in [-0.15, -0.1) is 0 Å². The molecule has 0 unspecified atom stereocenters. The maximum Gasteiger partial charge on any atom is 0.127 e. The third-order valence-corrected chi connectivity index (χ3v) is 4.93. The predicted octanol–water partition coefficient (Wildman–Crippen LogP) is 5.74. The minimum absolute atomic E-state index is 0.0190. The lowest BCUT2D eigenvalue weighted by atomic mass is 9.68. The number of aryl methyl sites for hydroxylation is 1. The van der Waals surface area contributed by atoms with Crippen LogP contribution in [0.1, 0.15) is 82.3 Å². The number of ether oxygens (including phenoxy) is 1. The van der Waals surface area contributed by atoms with Gasteiger partial charge in [0.2, 0.25) is 0 Å². The number of hydrogen-bond donors (Lipinski definition) is 1. The quantitative estimate of drug-likeness (QED) is 0.567. The van der Waals surface area contributed by atoms with Crippen molar-refractivity contribution in [2.45, 2.75) is 77.7 Å². The number of unbranched alkanes of at least 4 members (excludes halogenated alkanes) is 2. The van der Waals surface area contributed by atoms with Gasteiger partial charge >= 0.3 is 0 Å². The highest BCUT2D eigenvalue weighted by molar-refractivity contribution is 5.53. The second-order valence-electron chi connectivity index (χ2n) is 7.25. The first kappa shape index (κ1) is 12.0. The van der Waals surface area contributed by atoms with E-state index in [4.69, 9.17) is 8.85 Å². The smallest absolute Gasteiger partial charge is 0.127 e. The molecule has 1 aromatic carbocycles.